The molecule has 0 saturated carbocycles. The van der Waals surface area contributed by atoms with E-state index in [1.165, 1.54) is 12.1 Å². The highest BCUT2D eigenvalue weighted by Gasteiger charge is 2.17. The van der Waals surface area contributed by atoms with Crippen molar-refractivity contribution in [2.24, 2.45) is 0 Å². The van der Waals surface area contributed by atoms with E-state index in [0.29, 0.717) is 11.1 Å². The second-order valence-corrected chi connectivity index (χ2v) is 2.99. The van der Waals surface area contributed by atoms with Crippen LogP contribution in [0.3, 0.4) is 0 Å². The molecule has 0 unspecified atom stereocenters. The summed E-state index contributed by atoms with van der Waals surface area (Å²) in [6.45, 7) is 0. The Morgan fingerprint density at radius 3 is 2.79 bits per heavy atom. The number of fused-ring (bicyclic) bond motifs is 1. The Balaban J connectivity index is 2.87. The van der Waals surface area contributed by atoms with Crippen molar-refractivity contribution in [1.82, 2.24) is 8.75 Å². The van der Waals surface area contributed by atoms with Crippen LogP contribution in [0, 0.1) is 21.4 Å². The summed E-state index contributed by atoms with van der Waals surface area (Å²) in [5.74, 6) is 0. The van der Waals surface area contributed by atoms with E-state index in [0.717, 1.165) is 11.7 Å². The summed E-state index contributed by atoms with van der Waals surface area (Å²) in [7, 11) is 0. The van der Waals surface area contributed by atoms with Crippen molar-refractivity contribution in [1.29, 1.82) is 5.26 Å². The summed E-state index contributed by atoms with van der Waals surface area (Å²) in [5, 5.41) is 19.3. The molecule has 0 spiro atoms. The third-order valence-electron chi connectivity index (χ3n) is 1.71. The van der Waals surface area contributed by atoms with E-state index in [4.69, 9.17) is 5.26 Å². The third kappa shape index (κ3) is 1.09. The lowest BCUT2D eigenvalue weighted by atomic mass is 10.2. The van der Waals surface area contributed by atoms with Crippen molar-refractivity contribution in [3.8, 4) is 6.07 Å². The number of nitro groups is 1. The Bertz CT molecular complexity index is 556. The van der Waals surface area contributed by atoms with Crippen LogP contribution in [0.1, 0.15) is 5.56 Å². The summed E-state index contributed by atoms with van der Waals surface area (Å²) >= 11 is 0.858. The Hall–Kier alpha value is -2.07. The summed E-state index contributed by atoms with van der Waals surface area (Å²) in [6.07, 6.45) is 0. The lowest BCUT2D eigenvalue weighted by Gasteiger charge is -1.92. The minimum Gasteiger partial charge on any atom is -0.258 e. The largest absolute Gasteiger partial charge is 0.298 e. The molecular formula is C7H2N4O2S. The fraction of sp³-hybridized carbons (Fsp3) is 0. The van der Waals surface area contributed by atoms with Crippen molar-refractivity contribution < 1.29 is 4.92 Å². The topological polar surface area (TPSA) is 92.7 Å². The standard InChI is InChI=1S/C7H2N4O2S/c8-3-4-1-2-5(11(12)13)7-6(4)9-14-10-7/h1-2H. The molecule has 14 heavy (non-hydrogen) atoms. The zero-order valence-corrected chi connectivity index (χ0v) is 7.48. The van der Waals surface area contributed by atoms with Crippen LogP contribution in [0.2, 0.25) is 0 Å². The first-order valence-electron chi connectivity index (χ1n) is 3.54. The molecule has 0 aliphatic carbocycles. The van der Waals surface area contributed by atoms with Gasteiger partial charge in [-0.1, -0.05) is 0 Å². The number of nitro benzene ring substituents is 1. The molecule has 0 fully saturated rings. The van der Waals surface area contributed by atoms with Crippen molar-refractivity contribution >= 4 is 28.4 Å². The fourth-order valence-electron chi connectivity index (χ4n) is 1.09. The van der Waals surface area contributed by atoms with Gasteiger partial charge in [0.05, 0.1) is 22.2 Å². The Labute approximate surface area is 81.9 Å². The van der Waals surface area contributed by atoms with Crippen LogP contribution >= 0.6 is 11.7 Å². The number of nitriles is 1. The predicted octanol–water partition coefficient (Wildman–Crippen LogP) is 1.47. The van der Waals surface area contributed by atoms with Crippen molar-refractivity contribution in [3.63, 3.8) is 0 Å². The zero-order chi connectivity index (χ0) is 10.1. The molecule has 0 N–H and O–H groups in total. The smallest absolute Gasteiger partial charge is 0.258 e. The maximum absolute atomic E-state index is 10.6. The first kappa shape index (κ1) is 8.52. The molecule has 1 heterocycles. The summed E-state index contributed by atoms with van der Waals surface area (Å²) in [6, 6.07) is 4.55. The molecule has 0 amide bonds. The molecule has 7 heteroatoms. The maximum atomic E-state index is 10.6. The molecule has 0 atom stereocenters. The fourth-order valence-corrected chi connectivity index (χ4v) is 1.66. The van der Waals surface area contributed by atoms with E-state index in [1.807, 2.05) is 6.07 Å². The molecule has 2 rings (SSSR count). The van der Waals surface area contributed by atoms with E-state index < -0.39 is 4.92 Å². The van der Waals surface area contributed by atoms with Gasteiger partial charge >= 0.3 is 0 Å². The quantitative estimate of drug-likeness (QED) is 0.520. The first-order valence-corrected chi connectivity index (χ1v) is 4.27. The van der Waals surface area contributed by atoms with Gasteiger partial charge in [-0.25, -0.2) is 0 Å². The number of rotatable bonds is 1. The minimum absolute atomic E-state index is 0.118. The van der Waals surface area contributed by atoms with Crippen LogP contribution < -0.4 is 0 Å². The van der Waals surface area contributed by atoms with E-state index >= 15 is 0 Å². The van der Waals surface area contributed by atoms with Gasteiger partial charge in [-0.05, 0) is 6.07 Å². The Kier molecular flexibility index (Phi) is 1.83. The van der Waals surface area contributed by atoms with Gasteiger partial charge in [0.15, 0.2) is 5.52 Å². The lowest BCUT2D eigenvalue weighted by Crippen LogP contribution is -1.90. The highest BCUT2D eigenvalue weighted by molar-refractivity contribution is 7.00. The van der Waals surface area contributed by atoms with Gasteiger partial charge in [-0.3, -0.25) is 10.1 Å². The monoisotopic (exact) mass is 206 g/mol. The van der Waals surface area contributed by atoms with E-state index in [2.05, 4.69) is 8.75 Å². The average Bonchev–Trinajstić information content (AvgIpc) is 2.64. The van der Waals surface area contributed by atoms with Gasteiger partial charge in [0.2, 0.25) is 0 Å². The van der Waals surface area contributed by atoms with Crippen molar-refractivity contribution in [2.45, 2.75) is 0 Å². The number of nitrogens with zero attached hydrogens (tertiary/aromatic N) is 4. The second kappa shape index (κ2) is 3.01. The van der Waals surface area contributed by atoms with Gasteiger partial charge in [-0.2, -0.15) is 14.0 Å². The van der Waals surface area contributed by atoms with Crippen LogP contribution in [-0.2, 0) is 0 Å². The molecule has 1 aromatic carbocycles. The summed E-state index contributed by atoms with van der Waals surface area (Å²) in [5.41, 5.74) is 0.665. The number of hydrogen-bond donors (Lipinski definition) is 0. The third-order valence-corrected chi connectivity index (χ3v) is 2.24. The lowest BCUT2D eigenvalue weighted by molar-refractivity contribution is -0.383. The average molecular weight is 206 g/mol. The summed E-state index contributed by atoms with van der Waals surface area (Å²) in [4.78, 5) is 10.0. The summed E-state index contributed by atoms with van der Waals surface area (Å²) < 4.78 is 7.62. The second-order valence-electron chi connectivity index (χ2n) is 2.46. The molecule has 2 aromatic rings. The molecule has 1 aromatic heterocycles. The molecule has 6 nitrogen and oxygen atoms in total. The number of benzene rings is 1. The normalized spacial score (nSPS) is 9.93. The zero-order valence-electron chi connectivity index (χ0n) is 6.67. The van der Waals surface area contributed by atoms with Crippen molar-refractivity contribution in [3.05, 3.63) is 27.8 Å². The van der Waals surface area contributed by atoms with Gasteiger partial charge < -0.3 is 0 Å². The van der Waals surface area contributed by atoms with Crippen LogP contribution in [-0.4, -0.2) is 13.7 Å². The molecule has 0 aliphatic rings. The molecule has 0 aliphatic heterocycles. The van der Waals surface area contributed by atoms with Gasteiger partial charge in [-0.15, -0.1) is 0 Å². The SMILES string of the molecule is N#Cc1ccc([N+](=O)[O-])c2nsnc12. The van der Waals surface area contributed by atoms with E-state index in [1.54, 1.807) is 0 Å². The van der Waals surface area contributed by atoms with Gasteiger partial charge in [0.25, 0.3) is 5.69 Å². The predicted molar refractivity (Wildman–Crippen MR) is 48.8 cm³/mol. The highest BCUT2D eigenvalue weighted by Crippen LogP contribution is 2.25. The van der Waals surface area contributed by atoms with Gasteiger partial charge in [0, 0.05) is 6.07 Å². The number of hydrogen-bond acceptors (Lipinski definition) is 6. The Morgan fingerprint density at radius 2 is 2.14 bits per heavy atom. The number of aromatic nitrogens is 2. The van der Waals surface area contributed by atoms with Crippen LogP contribution in [0.5, 0.6) is 0 Å². The van der Waals surface area contributed by atoms with Crippen molar-refractivity contribution in [2.75, 3.05) is 0 Å². The van der Waals surface area contributed by atoms with E-state index in [9.17, 15) is 10.1 Å². The molecule has 0 radical (unpaired) electrons. The molecule has 0 saturated heterocycles. The van der Waals surface area contributed by atoms with Crippen LogP contribution in [0.4, 0.5) is 5.69 Å². The van der Waals surface area contributed by atoms with E-state index in [-0.39, 0.29) is 11.2 Å². The number of non-ortho nitro benzene ring substituents is 1. The highest BCUT2D eigenvalue weighted by atomic mass is 32.1. The molecular weight excluding hydrogens is 204 g/mol. The maximum Gasteiger partial charge on any atom is 0.298 e. The minimum atomic E-state index is -0.537. The van der Waals surface area contributed by atoms with Crippen LogP contribution in [0.15, 0.2) is 12.1 Å². The Morgan fingerprint density at radius 1 is 1.43 bits per heavy atom. The first-order chi connectivity index (χ1) is 6.74. The molecule has 68 valence electrons. The molecule has 0 bridgehead atoms. The van der Waals surface area contributed by atoms with Gasteiger partial charge in [0.1, 0.15) is 11.6 Å². The van der Waals surface area contributed by atoms with Crippen LogP contribution in [0.25, 0.3) is 11.0 Å².